The molecule has 0 amide bonds. The summed E-state index contributed by atoms with van der Waals surface area (Å²) in [5, 5.41) is 3.17. The van der Waals surface area contributed by atoms with E-state index < -0.39 is 0 Å². The molecule has 1 aliphatic rings. The first kappa shape index (κ1) is 16.0. The zero-order chi connectivity index (χ0) is 14.5. The highest BCUT2D eigenvalue weighted by Gasteiger charge is 2.25. The minimum Gasteiger partial charge on any atom is -0.373 e. The van der Waals surface area contributed by atoms with Gasteiger partial charge in [0.05, 0.1) is 12.7 Å². The molecule has 3 unspecified atom stereocenters. The maximum absolute atomic E-state index is 6.12. The van der Waals surface area contributed by atoms with E-state index in [9.17, 15) is 0 Å². The van der Waals surface area contributed by atoms with Gasteiger partial charge >= 0.3 is 0 Å². The summed E-state index contributed by atoms with van der Waals surface area (Å²) in [6.45, 7) is 6.32. The van der Waals surface area contributed by atoms with Crippen molar-refractivity contribution in [3.8, 4) is 0 Å². The predicted molar refractivity (Wildman–Crippen MR) is 87.7 cm³/mol. The quantitative estimate of drug-likeness (QED) is 0.852. The third-order valence-electron chi connectivity index (χ3n) is 4.52. The standard InChI is InChI=1S/C17H26BrNO/c1-12-4-7-16(8-13(12)2)20-11-15-6-5-14(10-19-3)9-17(15)18/h5-6,9,12-13,16,19H,4,7-8,10-11H2,1-3H3. The van der Waals surface area contributed by atoms with Crippen molar-refractivity contribution in [1.82, 2.24) is 5.32 Å². The van der Waals surface area contributed by atoms with Crippen molar-refractivity contribution in [2.75, 3.05) is 7.05 Å². The lowest BCUT2D eigenvalue weighted by atomic mass is 9.80. The molecule has 1 aromatic carbocycles. The van der Waals surface area contributed by atoms with Crippen LogP contribution >= 0.6 is 15.9 Å². The Morgan fingerprint density at radius 2 is 2.05 bits per heavy atom. The SMILES string of the molecule is CNCc1ccc(COC2CCC(C)C(C)C2)c(Br)c1. The molecule has 112 valence electrons. The van der Waals surface area contributed by atoms with E-state index in [1.807, 2.05) is 7.05 Å². The van der Waals surface area contributed by atoms with Crippen LogP contribution in [-0.2, 0) is 17.9 Å². The van der Waals surface area contributed by atoms with E-state index in [4.69, 9.17) is 4.74 Å². The molecule has 1 fully saturated rings. The monoisotopic (exact) mass is 339 g/mol. The van der Waals surface area contributed by atoms with Crippen molar-refractivity contribution in [1.29, 1.82) is 0 Å². The molecule has 0 spiro atoms. The molecule has 1 aliphatic carbocycles. The molecule has 0 bridgehead atoms. The van der Waals surface area contributed by atoms with Crippen molar-refractivity contribution in [2.24, 2.45) is 11.8 Å². The molecule has 20 heavy (non-hydrogen) atoms. The lowest BCUT2D eigenvalue weighted by Gasteiger charge is -2.32. The van der Waals surface area contributed by atoms with Gasteiger partial charge in [-0.1, -0.05) is 41.9 Å². The number of benzene rings is 1. The maximum Gasteiger partial charge on any atom is 0.0731 e. The van der Waals surface area contributed by atoms with Crippen LogP contribution in [0.1, 0.15) is 44.2 Å². The third kappa shape index (κ3) is 4.31. The molecular weight excluding hydrogens is 314 g/mol. The molecule has 0 heterocycles. The summed E-state index contributed by atoms with van der Waals surface area (Å²) >= 11 is 3.66. The normalized spacial score (nSPS) is 26.7. The summed E-state index contributed by atoms with van der Waals surface area (Å²) in [4.78, 5) is 0. The van der Waals surface area contributed by atoms with Crippen molar-refractivity contribution in [3.05, 3.63) is 33.8 Å². The fraction of sp³-hybridized carbons (Fsp3) is 0.647. The second-order valence-corrected chi connectivity index (χ2v) is 7.01. The maximum atomic E-state index is 6.12. The number of hydrogen-bond donors (Lipinski definition) is 1. The van der Waals surface area contributed by atoms with E-state index >= 15 is 0 Å². The third-order valence-corrected chi connectivity index (χ3v) is 5.26. The Hall–Kier alpha value is -0.380. The Morgan fingerprint density at radius 3 is 2.70 bits per heavy atom. The van der Waals surface area contributed by atoms with Gasteiger partial charge in [-0.25, -0.2) is 0 Å². The Balaban J connectivity index is 1.88. The van der Waals surface area contributed by atoms with Crippen LogP contribution in [0, 0.1) is 11.8 Å². The second-order valence-electron chi connectivity index (χ2n) is 6.16. The largest absolute Gasteiger partial charge is 0.373 e. The first-order valence-electron chi connectivity index (χ1n) is 7.63. The minimum atomic E-state index is 0.435. The van der Waals surface area contributed by atoms with Crippen LogP contribution in [0.25, 0.3) is 0 Å². The molecular formula is C17H26BrNO. The van der Waals surface area contributed by atoms with Gasteiger partial charge in [-0.2, -0.15) is 0 Å². The van der Waals surface area contributed by atoms with Crippen molar-refractivity contribution in [2.45, 2.75) is 52.4 Å². The van der Waals surface area contributed by atoms with E-state index in [1.165, 1.54) is 30.4 Å². The predicted octanol–water partition coefficient (Wildman–Crippen LogP) is 4.51. The van der Waals surface area contributed by atoms with Gasteiger partial charge in [0.2, 0.25) is 0 Å². The highest BCUT2D eigenvalue weighted by atomic mass is 79.9. The molecule has 2 nitrogen and oxygen atoms in total. The molecule has 0 aromatic heterocycles. The highest BCUT2D eigenvalue weighted by Crippen LogP contribution is 2.31. The van der Waals surface area contributed by atoms with Gasteiger partial charge in [0, 0.05) is 11.0 Å². The molecule has 0 saturated heterocycles. The molecule has 1 aromatic rings. The highest BCUT2D eigenvalue weighted by molar-refractivity contribution is 9.10. The smallest absolute Gasteiger partial charge is 0.0731 e. The van der Waals surface area contributed by atoms with Gasteiger partial charge in [-0.3, -0.25) is 0 Å². The summed E-state index contributed by atoms with van der Waals surface area (Å²) in [5.74, 6) is 1.64. The van der Waals surface area contributed by atoms with Crippen molar-refractivity contribution < 1.29 is 4.74 Å². The first-order chi connectivity index (χ1) is 9.60. The van der Waals surface area contributed by atoms with Gasteiger partial charge < -0.3 is 10.1 Å². The van der Waals surface area contributed by atoms with E-state index in [-0.39, 0.29) is 0 Å². The van der Waals surface area contributed by atoms with Gasteiger partial charge in [-0.05, 0) is 55.3 Å². The summed E-state index contributed by atoms with van der Waals surface area (Å²) in [6, 6.07) is 6.53. The van der Waals surface area contributed by atoms with Gasteiger partial charge in [-0.15, -0.1) is 0 Å². The van der Waals surface area contributed by atoms with Gasteiger partial charge in [0.15, 0.2) is 0 Å². The number of nitrogens with one attached hydrogen (secondary N) is 1. The van der Waals surface area contributed by atoms with Gasteiger partial charge in [0.25, 0.3) is 0 Å². The zero-order valence-corrected chi connectivity index (χ0v) is 14.4. The topological polar surface area (TPSA) is 21.3 Å². The summed E-state index contributed by atoms with van der Waals surface area (Å²) in [7, 11) is 1.97. The van der Waals surface area contributed by atoms with Crippen LogP contribution in [0.3, 0.4) is 0 Å². The van der Waals surface area contributed by atoms with Crippen molar-refractivity contribution in [3.63, 3.8) is 0 Å². The fourth-order valence-electron chi connectivity index (χ4n) is 2.88. The molecule has 1 saturated carbocycles. The van der Waals surface area contributed by atoms with Crippen LogP contribution in [0.2, 0.25) is 0 Å². The van der Waals surface area contributed by atoms with E-state index in [2.05, 4.69) is 53.3 Å². The molecule has 1 N–H and O–H groups in total. The molecule has 3 atom stereocenters. The lowest BCUT2D eigenvalue weighted by molar-refractivity contribution is -0.00766. The van der Waals surface area contributed by atoms with Crippen LogP contribution in [0.4, 0.5) is 0 Å². The van der Waals surface area contributed by atoms with Crippen LogP contribution in [0.15, 0.2) is 22.7 Å². The Labute approximate surface area is 131 Å². The number of hydrogen-bond acceptors (Lipinski definition) is 2. The van der Waals surface area contributed by atoms with Gasteiger partial charge in [0.1, 0.15) is 0 Å². The van der Waals surface area contributed by atoms with Crippen LogP contribution in [0.5, 0.6) is 0 Å². The van der Waals surface area contributed by atoms with Crippen molar-refractivity contribution >= 4 is 15.9 Å². The minimum absolute atomic E-state index is 0.435. The Morgan fingerprint density at radius 1 is 1.25 bits per heavy atom. The molecule has 0 radical (unpaired) electrons. The number of ether oxygens (including phenoxy) is 1. The molecule has 2 rings (SSSR count). The fourth-order valence-corrected chi connectivity index (χ4v) is 3.42. The Kier molecular flexibility index (Phi) is 6.06. The zero-order valence-electron chi connectivity index (χ0n) is 12.8. The Bertz CT molecular complexity index is 435. The second kappa shape index (κ2) is 7.58. The lowest BCUT2D eigenvalue weighted by Crippen LogP contribution is -2.26. The number of halogens is 1. The van der Waals surface area contributed by atoms with E-state index in [0.717, 1.165) is 22.9 Å². The summed E-state index contributed by atoms with van der Waals surface area (Å²) in [5.41, 5.74) is 2.54. The average molecular weight is 340 g/mol. The van der Waals surface area contributed by atoms with Crippen LogP contribution < -0.4 is 5.32 Å². The molecule has 0 aliphatic heterocycles. The summed E-state index contributed by atoms with van der Waals surface area (Å²) < 4.78 is 7.28. The summed E-state index contributed by atoms with van der Waals surface area (Å²) in [6.07, 6.45) is 4.15. The first-order valence-corrected chi connectivity index (χ1v) is 8.43. The number of rotatable bonds is 5. The van der Waals surface area contributed by atoms with Crippen LogP contribution in [-0.4, -0.2) is 13.2 Å². The molecule has 3 heteroatoms. The van der Waals surface area contributed by atoms with E-state index in [0.29, 0.717) is 12.7 Å². The van der Waals surface area contributed by atoms with E-state index in [1.54, 1.807) is 0 Å². The average Bonchev–Trinajstić information content (AvgIpc) is 2.42.